The third kappa shape index (κ3) is 4.08. The summed E-state index contributed by atoms with van der Waals surface area (Å²) in [5.74, 6) is -0.153. The number of piperazine rings is 1. The van der Waals surface area contributed by atoms with Crippen LogP contribution in [-0.4, -0.2) is 46.6 Å². The molecule has 124 valence electrons. The molecule has 0 aromatic heterocycles. The number of rotatable bonds is 4. The van der Waals surface area contributed by atoms with E-state index < -0.39 is 0 Å². The SMILES string of the molecule is C/C=C(/C)C(=N)C(=O)N1C[C@H](C)N(Cc2ccccc2)CC1C. The van der Waals surface area contributed by atoms with Crippen LogP contribution in [0, 0.1) is 5.41 Å². The summed E-state index contributed by atoms with van der Waals surface area (Å²) in [5.41, 5.74) is 2.15. The molecule has 2 rings (SSSR count). The van der Waals surface area contributed by atoms with Crippen LogP contribution in [0.5, 0.6) is 0 Å². The van der Waals surface area contributed by atoms with Crippen LogP contribution in [0.1, 0.15) is 33.3 Å². The van der Waals surface area contributed by atoms with Crippen molar-refractivity contribution < 1.29 is 4.79 Å². The Bertz CT molecular complexity index is 594. The lowest BCUT2D eigenvalue weighted by Crippen LogP contribution is -2.58. The molecule has 1 heterocycles. The van der Waals surface area contributed by atoms with E-state index in [1.54, 1.807) is 0 Å². The van der Waals surface area contributed by atoms with E-state index in [0.717, 1.165) is 18.7 Å². The molecule has 1 unspecified atom stereocenters. The minimum absolute atomic E-state index is 0.114. The van der Waals surface area contributed by atoms with Crippen molar-refractivity contribution in [3.05, 3.63) is 47.5 Å². The average molecular weight is 313 g/mol. The summed E-state index contributed by atoms with van der Waals surface area (Å²) in [6.07, 6.45) is 1.82. The first kappa shape index (κ1) is 17.4. The Hall–Kier alpha value is -1.94. The number of hydrogen-bond acceptors (Lipinski definition) is 3. The van der Waals surface area contributed by atoms with Crippen molar-refractivity contribution >= 4 is 11.6 Å². The van der Waals surface area contributed by atoms with Crippen LogP contribution in [0.25, 0.3) is 0 Å². The molecule has 4 nitrogen and oxygen atoms in total. The molecular weight excluding hydrogens is 286 g/mol. The second-order valence-corrected chi connectivity index (χ2v) is 6.42. The number of carbonyl (C=O) groups is 1. The highest BCUT2D eigenvalue weighted by molar-refractivity contribution is 6.43. The van der Waals surface area contributed by atoms with Gasteiger partial charge in [0.15, 0.2) is 0 Å². The Balaban J connectivity index is 2.04. The van der Waals surface area contributed by atoms with Crippen LogP contribution in [0.3, 0.4) is 0 Å². The molecule has 0 radical (unpaired) electrons. The van der Waals surface area contributed by atoms with E-state index in [1.165, 1.54) is 5.56 Å². The van der Waals surface area contributed by atoms with Gasteiger partial charge in [0.2, 0.25) is 0 Å². The number of carbonyl (C=O) groups excluding carboxylic acids is 1. The zero-order valence-corrected chi connectivity index (χ0v) is 14.5. The van der Waals surface area contributed by atoms with Gasteiger partial charge in [0.25, 0.3) is 5.91 Å². The fourth-order valence-corrected chi connectivity index (χ4v) is 2.98. The van der Waals surface area contributed by atoms with E-state index >= 15 is 0 Å². The lowest BCUT2D eigenvalue weighted by molar-refractivity contribution is -0.130. The average Bonchev–Trinajstić information content (AvgIpc) is 2.56. The van der Waals surface area contributed by atoms with Crippen molar-refractivity contribution in [3.8, 4) is 0 Å². The second-order valence-electron chi connectivity index (χ2n) is 6.42. The van der Waals surface area contributed by atoms with Gasteiger partial charge < -0.3 is 4.90 Å². The lowest BCUT2D eigenvalue weighted by Gasteiger charge is -2.44. The third-order valence-electron chi connectivity index (χ3n) is 4.65. The van der Waals surface area contributed by atoms with E-state index in [0.29, 0.717) is 6.54 Å². The summed E-state index contributed by atoms with van der Waals surface area (Å²) >= 11 is 0. The summed E-state index contributed by atoms with van der Waals surface area (Å²) < 4.78 is 0. The van der Waals surface area contributed by atoms with E-state index in [-0.39, 0.29) is 23.7 Å². The summed E-state index contributed by atoms with van der Waals surface area (Å²) in [7, 11) is 0. The van der Waals surface area contributed by atoms with Crippen molar-refractivity contribution in [2.45, 2.75) is 46.3 Å². The smallest absolute Gasteiger partial charge is 0.272 e. The standard InChI is InChI=1S/C19H27N3O/c1-5-14(2)18(20)19(23)22-12-15(3)21(11-16(22)4)13-17-9-7-6-8-10-17/h5-10,15-16,20H,11-13H2,1-4H3/b14-5-,20-18?/t15-,16?/m0/s1. The van der Waals surface area contributed by atoms with Crippen molar-refractivity contribution in [3.63, 3.8) is 0 Å². The first-order valence-electron chi connectivity index (χ1n) is 8.24. The molecule has 1 N–H and O–H groups in total. The molecule has 4 heteroatoms. The molecule has 0 saturated carbocycles. The Kier molecular flexibility index (Phi) is 5.72. The Morgan fingerprint density at radius 1 is 1.22 bits per heavy atom. The predicted molar refractivity (Wildman–Crippen MR) is 94.6 cm³/mol. The third-order valence-corrected chi connectivity index (χ3v) is 4.65. The van der Waals surface area contributed by atoms with Crippen molar-refractivity contribution in [1.82, 2.24) is 9.80 Å². The lowest BCUT2D eigenvalue weighted by atomic mass is 10.0. The van der Waals surface area contributed by atoms with Gasteiger partial charge in [0.1, 0.15) is 5.71 Å². The summed E-state index contributed by atoms with van der Waals surface area (Å²) in [5, 5.41) is 8.05. The number of nitrogens with zero attached hydrogens (tertiary/aromatic N) is 2. The van der Waals surface area contributed by atoms with Crippen LogP contribution in [-0.2, 0) is 11.3 Å². The summed E-state index contributed by atoms with van der Waals surface area (Å²) in [6.45, 7) is 10.3. The molecule has 1 aromatic carbocycles. The van der Waals surface area contributed by atoms with Crippen LogP contribution in [0.15, 0.2) is 42.0 Å². The Morgan fingerprint density at radius 3 is 2.48 bits per heavy atom. The zero-order chi connectivity index (χ0) is 17.0. The molecule has 0 spiro atoms. The van der Waals surface area contributed by atoms with E-state index in [2.05, 4.69) is 43.0 Å². The molecule has 0 bridgehead atoms. The van der Waals surface area contributed by atoms with Crippen LogP contribution in [0.2, 0.25) is 0 Å². The fourth-order valence-electron chi connectivity index (χ4n) is 2.98. The molecular formula is C19H27N3O. The summed E-state index contributed by atoms with van der Waals surface area (Å²) in [6, 6.07) is 10.8. The second kappa shape index (κ2) is 7.55. The van der Waals surface area contributed by atoms with Crippen LogP contribution < -0.4 is 0 Å². The molecule has 1 fully saturated rings. The minimum atomic E-state index is -0.153. The maximum atomic E-state index is 12.6. The molecule has 1 aliphatic heterocycles. The van der Waals surface area contributed by atoms with Gasteiger partial charge in [-0.3, -0.25) is 15.1 Å². The van der Waals surface area contributed by atoms with Gasteiger partial charge >= 0.3 is 0 Å². The highest BCUT2D eigenvalue weighted by atomic mass is 16.2. The first-order valence-corrected chi connectivity index (χ1v) is 8.24. The molecule has 0 aliphatic carbocycles. The van der Waals surface area contributed by atoms with Gasteiger partial charge in [0.05, 0.1) is 0 Å². The maximum Gasteiger partial charge on any atom is 0.272 e. The van der Waals surface area contributed by atoms with E-state index in [9.17, 15) is 4.79 Å². The van der Waals surface area contributed by atoms with Crippen LogP contribution >= 0.6 is 0 Å². The Morgan fingerprint density at radius 2 is 1.87 bits per heavy atom. The van der Waals surface area contributed by atoms with Gasteiger partial charge in [0, 0.05) is 31.7 Å². The van der Waals surface area contributed by atoms with Crippen molar-refractivity contribution in [2.75, 3.05) is 13.1 Å². The van der Waals surface area contributed by atoms with Crippen molar-refractivity contribution in [1.29, 1.82) is 5.41 Å². The largest absolute Gasteiger partial charge is 0.332 e. The van der Waals surface area contributed by atoms with Crippen LogP contribution in [0.4, 0.5) is 0 Å². The summed E-state index contributed by atoms with van der Waals surface area (Å²) in [4.78, 5) is 16.8. The van der Waals surface area contributed by atoms with Gasteiger partial charge in [-0.05, 0) is 38.8 Å². The molecule has 2 atom stereocenters. The normalized spacial score (nSPS) is 23.0. The highest BCUT2D eigenvalue weighted by Crippen LogP contribution is 2.19. The molecule has 1 aromatic rings. The topological polar surface area (TPSA) is 47.4 Å². The monoisotopic (exact) mass is 313 g/mol. The molecule has 1 saturated heterocycles. The van der Waals surface area contributed by atoms with Crippen molar-refractivity contribution in [2.24, 2.45) is 0 Å². The van der Waals surface area contributed by atoms with Gasteiger partial charge in [-0.15, -0.1) is 0 Å². The van der Waals surface area contributed by atoms with E-state index in [4.69, 9.17) is 5.41 Å². The number of amides is 1. The number of benzene rings is 1. The van der Waals surface area contributed by atoms with E-state index in [1.807, 2.05) is 30.9 Å². The number of nitrogens with one attached hydrogen (secondary N) is 1. The number of allylic oxidation sites excluding steroid dienone is 1. The molecule has 1 aliphatic rings. The fraction of sp³-hybridized carbons (Fsp3) is 0.474. The Labute approximate surface area is 139 Å². The van der Waals surface area contributed by atoms with Gasteiger partial charge in [-0.25, -0.2) is 0 Å². The zero-order valence-electron chi connectivity index (χ0n) is 14.5. The minimum Gasteiger partial charge on any atom is -0.332 e. The van der Waals surface area contributed by atoms with Gasteiger partial charge in [-0.2, -0.15) is 0 Å². The van der Waals surface area contributed by atoms with Gasteiger partial charge in [-0.1, -0.05) is 36.4 Å². The predicted octanol–water partition coefficient (Wildman–Crippen LogP) is 3.09. The maximum absolute atomic E-state index is 12.6. The quantitative estimate of drug-likeness (QED) is 0.868. The highest BCUT2D eigenvalue weighted by Gasteiger charge is 2.33. The first-order chi connectivity index (χ1) is 10.9. The molecule has 1 amide bonds. The number of hydrogen-bond donors (Lipinski definition) is 1. The molecule has 23 heavy (non-hydrogen) atoms.